The van der Waals surface area contributed by atoms with Crippen molar-refractivity contribution in [3.63, 3.8) is 0 Å². The predicted molar refractivity (Wildman–Crippen MR) is 107 cm³/mol. The van der Waals surface area contributed by atoms with Crippen LogP contribution in [0.25, 0.3) is 0 Å². The van der Waals surface area contributed by atoms with E-state index >= 15 is 0 Å². The average molecular weight is 440 g/mol. The number of hydrogen-bond donors (Lipinski definition) is 1. The Morgan fingerprint density at radius 1 is 1.30 bits per heavy atom. The largest absolute Gasteiger partial charge is 0.416 e. The van der Waals surface area contributed by atoms with Gasteiger partial charge in [-0.25, -0.2) is 0 Å². The number of aromatic nitrogens is 4. The van der Waals surface area contributed by atoms with Gasteiger partial charge in [0, 0.05) is 6.20 Å². The lowest BCUT2D eigenvalue weighted by Crippen LogP contribution is -2.25. The van der Waals surface area contributed by atoms with Crippen LogP contribution >= 0.6 is 11.6 Å². The van der Waals surface area contributed by atoms with Gasteiger partial charge in [0.2, 0.25) is 5.91 Å². The first kappa shape index (κ1) is 21.9. The van der Waals surface area contributed by atoms with Crippen LogP contribution in [0.3, 0.4) is 0 Å². The maximum atomic E-state index is 12.9. The maximum Gasteiger partial charge on any atom is 0.416 e. The molecule has 1 N–H and O–H groups in total. The SMILES string of the molecule is Cc1nn(CC(C)C(=O)Nc2cnn(Cc3cccc(C(F)(F)F)c3)c2)c(C)c1Cl. The second-order valence-electron chi connectivity index (χ2n) is 7.18. The summed E-state index contributed by atoms with van der Waals surface area (Å²) < 4.78 is 41.7. The number of aryl methyl sites for hydroxylation is 1. The van der Waals surface area contributed by atoms with E-state index in [4.69, 9.17) is 11.6 Å². The molecular weight excluding hydrogens is 419 g/mol. The fourth-order valence-corrected chi connectivity index (χ4v) is 3.14. The lowest BCUT2D eigenvalue weighted by atomic mass is 10.1. The average Bonchev–Trinajstić information content (AvgIpc) is 3.21. The van der Waals surface area contributed by atoms with Crippen LogP contribution in [0.15, 0.2) is 36.7 Å². The second kappa shape index (κ2) is 8.51. The van der Waals surface area contributed by atoms with Crippen LogP contribution in [0, 0.1) is 19.8 Å². The Hall–Kier alpha value is -2.81. The highest BCUT2D eigenvalue weighted by molar-refractivity contribution is 6.31. The third kappa shape index (κ3) is 5.02. The molecule has 160 valence electrons. The minimum Gasteiger partial charge on any atom is -0.323 e. The van der Waals surface area contributed by atoms with E-state index in [1.54, 1.807) is 30.8 Å². The smallest absolute Gasteiger partial charge is 0.323 e. The van der Waals surface area contributed by atoms with Crippen molar-refractivity contribution in [2.45, 2.75) is 40.0 Å². The Labute approximate surface area is 176 Å². The van der Waals surface area contributed by atoms with Crippen LogP contribution in [0.2, 0.25) is 5.02 Å². The van der Waals surface area contributed by atoms with E-state index in [1.807, 2.05) is 6.92 Å². The summed E-state index contributed by atoms with van der Waals surface area (Å²) in [6.45, 7) is 5.93. The zero-order valence-electron chi connectivity index (χ0n) is 16.7. The van der Waals surface area contributed by atoms with E-state index < -0.39 is 11.7 Å². The highest BCUT2D eigenvalue weighted by atomic mass is 35.5. The van der Waals surface area contributed by atoms with Crippen LogP contribution in [0.1, 0.15) is 29.4 Å². The van der Waals surface area contributed by atoms with Gasteiger partial charge >= 0.3 is 6.18 Å². The Bertz CT molecular complexity index is 1060. The number of benzene rings is 1. The molecule has 0 fully saturated rings. The molecule has 0 bridgehead atoms. The van der Waals surface area contributed by atoms with Crippen molar-refractivity contribution in [1.29, 1.82) is 0 Å². The third-order valence-electron chi connectivity index (χ3n) is 4.69. The van der Waals surface area contributed by atoms with Crippen molar-refractivity contribution in [3.8, 4) is 0 Å². The molecule has 0 aliphatic carbocycles. The fourth-order valence-electron chi connectivity index (χ4n) is 3.01. The normalized spacial score (nSPS) is 12.8. The number of carbonyl (C=O) groups is 1. The van der Waals surface area contributed by atoms with E-state index in [-0.39, 0.29) is 18.4 Å². The van der Waals surface area contributed by atoms with Gasteiger partial charge in [-0.1, -0.05) is 30.7 Å². The number of nitrogens with zero attached hydrogens (tertiary/aromatic N) is 4. The summed E-state index contributed by atoms with van der Waals surface area (Å²) in [7, 11) is 0. The van der Waals surface area contributed by atoms with Gasteiger partial charge in [-0.15, -0.1) is 0 Å². The van der Waals surface area contributed by atoms with E-state index in [2.05, 4.69) is 15.5 Å². The van der Waals surface area contributed by atoms with Crippen molar-refractivity contribution in [3.05, 3.63) is 64.2 Å². The van der Waals surface area contributed by atoms with Gasteiger partial charge in [0.05, 0.1) is 52.9 Å². The molecule has 10 heteroatoms. The summed E-state index contributed by atoms with van der Waals surface area (Å²) in [5, 5.41) is 11.8. The summed E-state index contributed by atoms with van der Waals surface area (Å²) in [5.41, 5.74) is 1.71. The van der Waals surface area contributed by atoms with Gasteiger partial charge in [-0.3, -0.25) is 14.2 Å². The maximum absolute atomic E-state index is 12.9. The number of halogens is 4. The number of alkyl halides is 3. The standard InChI is InChI=1S/C20H21ClF3N5O/c1-12(9-29-14(3)18(21)13(2)27-29)19(30)26-17-8-25-28(11-17)10-15-5-4-6-16(7-15)20(22,23)24/h4-8,11-12H,9-10H2,1-3H3,(H,26,30). The second-order valence-corrected chi connectivity index (χ2v) is 7.56. The highest BCUT2D eigenvalue weighted by Gasteiger charge is 2.30. The lowest BCUT2D eigenvalue weighted by Gasteiger charge is -2.12. The summed E-state index contributed by atoms with van der Waals surface area (Å²) in [4.78, 5) is 12.5. The minimum atomic E-state index is -4.40. The van der Waals surface area contributed by atoms with Crippen LogP contribution < -0.4 is 5.32 Å². The highest BCUT2D eigenvalue weighted by Crippen LogP contribution is 2.29. The molecule has 1 amide bonds. The molecule has 1 unspecified atom stereocenters. The van der Waals surface area contributed by atoms with Gasteiger partial charge in [0.1, 0.15) is 0 Å². The molecule has 6 nitrogen and oxygen atoms in total. The number of rotatable bonds is 6. The first-order chi connectivity index (χ1) is 14.0. The zero-order chi connectivity index (χ0) is 22.1. The topological polar surface area (TPSA) is 64.7 Å². The van der Waals surface area contributed by atoms with Crippen LogP contribution in [0.5, 0.6) is 0 Å². The van der Waals surface area contributed by atoms with Crippen molar-refractivity contribution >= 4 is 23.2 Å². The molecule has 30 heavy (non-hydrogen) atoms. The molecular formula is C20H21ClF3N5O. The first-order valence-corrected chi connectivity index (χ1v) is 9.61. The van der Waals surface area contributed by atoms with E-state index in [0.29, 0.717) is 28.5 Å². The molecule has 3 aromatic rings. The number of nitrogens with one attached hydrogen (secondary N) is 1. The number of hydrogen-bond acceptors (Lipinski definition) is 3. The van der Waals surface area contributed by atoms with Crippen molar-refractivity contribution in [2.75, 3.05) is 5.32 Å². The van der Waals surface area contributed by atoms with Gasteiger partial charge in [-0.05, 0) is 31.5 Å². The van der Waals surface area contributed by atoms with Crippen LogP contribution in [0.4, 0.5) is 18.9 Å². The zero-order valence-corrected chi connectivity index (χ0v) is 17.4. The molecule has 3 rings (SSSR count). The molecule has 0 aliphatic heterocycles. The van der Waals surface area contributed by atoms with E-state index in [1.165, 1.54) is 16.9 Å². The Morgan fingerprint density at radius 2 is 2.03 bits per heavy atom. The summed E-state index contributed by atoms with van der Waals surface area (Å²) in [6, 6.07) is 5.06. The molecule has 0 radical (unpaired) electrons. The molecule has 2 aromatic heterocycles. The quantitative estimate of drug-likeness (QED) is 0.606. The summed E-state index contributed by atoms with van der Waals surface area (Å²) >= 11 is 6.14. The van der Waals surface area contributed by atoms with Crippen LogP contribution in [-0.4, -0.2) is 25.5 Å². The number of carbonyl (C=O) groups excluding carboxylic acids is 1. The van der Waals surface area contributed by atoms with E-state index in [0.717, 1.165) is 17.8 Å². The number of amides is 1. The summed E-state index contributed by atoms with van der Waals surface area (Å²) in [6.07, 6.45) is -1.37. The van der Waals surface area contributed by atoms with Crippen molar-refractivity contribution in [2.24, 2.45) is 5.92 Å². The van der Waals surface area contributed by atoms with Crippen molar-refractivity contribution < 1.29 is 18.0 Å². The van der Waals surface area contributed by atoms with Crippen LogP contribution in [-0.2, 0) is 24.1 Å². The molecule has 0 aliphatic rings. The first-order valence-electron chi connectivity index (χ1n) is 9.23. The fraction of sp³-hybridized carbons (Fsp3) is 0.350. The Kier molecular flexibility index (Phi) is 6.21. The Morgan fingerprint density at radius 3 is 2.67 bits per heavy atom. The molecule has 1 aromatic carbocycles. The monoisotopic (exact) mass is 439 g/mol. The molecule has 1 atom stereocenters. The molecule has 2 heterocycles. The number of anilines is 1. The van der Waals surface area contributed by atoms with Gasteiger partial charge in [0.15, 0.2) is 0 Å². The lowest BCUT2D eigenvalue weighted by molar-refractivity contribution is -0.137. The third-order valence-corrected chi connectivity index (χ3v) is 5.23. The molecule has 0 spiro atoms. The molecule has 0 saturated carbocycles. The Balaban J connectivity index is 1.62. The predicted octanol–water partition coefficient (Wildman–Crippen LogP) is 4.69. The van der Waals surface area contributed by atoms with Gasteiger partial charge in [-0.2, -0.15) is 23.4 Å². The van der Waals surface area contributed by atoms with Gasteiger partial charge in [0.25, 0.3) is 0 Å². The molecule has 0 saturated heterocycles. The summed E-state index contributed by atoms with van der Waals surface area (Å²) in [5.74, 6) is -0.608. The van der Waals surface area contributed by atoms with Gasteiger partial charge < -0.3 is 5.32 Å². The van der Waals surface area contributed by atoms with E-state index in [9.17, 15) is 18.0 Å². The van der Waals surface area contributed by atoms with Crippen molar-refractivity contribution in [1.82, 2.24) is 19.6 Å². The minimum absolute atomic E-state index is 0.152.